The third kappa shape index (κ3) is 6.27. The Labute approximate surface area is 196 Å². The molecule has 2 aromatic heterocycles. The number of rotatable bonds is 8. The summed E-state index contributed by atoms with van der Waals surface area (Å²) in [4.78, 5) is 13.7. The van der Waals surface area contributed by atoms with Crippen molar-refractivity contribution in [3.05, 3.63) is 41.8 Å². The molecule has 1 N–H and O–H groups in total. The molecule has 4 rings (SSSR count). The number of thiophene rings is 1. The Balaban J connectivity index is 1.44. The number of aromatic nitrogens is 3. The van der Waals surface area contributed by atoms with Gasteiger partial charge in [-0.2, -0.15) is 0 Å². The minimum Gasteiger partial charge on any atom is -0.406 e. The summed E-state index contributed by atoms with van der Waals surface area (Å²) < 4.78 is 48.5. The van der Waals surface area contributed by atoms with E-state index in [1.807, 2.05) is 22.1 Å². The molecular weight excluding hydrogens is 477 g/mol. The van der Waals surface area contributed by atoms with Crippen LogP contribution in [0.3, 0.4) is 0 Å². The molecule has 0 saturated carbocycles. The van der Waals surface area contributed by atoms with E-state index in [0.29, 0.717) is 17.4 Å². The number of carbonyl (C=O) groups is 1. The zero-order valence-electron chi connectivity index (χ0n) is 17.5. The van der Waals surface area contributed by atoms with Gasteiger partial charge in [0.05, 0.1) is 22.8 Å². The van der Waals surface area contributed by atoms with Gasteiger partial charge in [-0.25, -0.2) is 0 Å². The van der Waals surface area contributed by atoms with Crippen molar-refractivity contribution >= 4 is 34.7 Å². The fourth-order valence-corrected chi connectivity index (χ4v) is 4.89. The summed E-state index contributed by atoms with van der Waals surface area (Å²) in [6, 6.07) is 8.91. The van der Waals surface area contributed by atoms with E-state index in [1.165, 1.54) is 23.9 Å². The molecule has 2 unspecified atom stereocenters. The molecule has 2 atom stereocenters. The van der Waals surface area contributed by atoms with Crippen molar-refractivity contribution < 1.29 is 27.4 Å². The molecule has 176 valence electrons. The maximum Gasteiger partial charge on any atom is 0.573 e. The molecule has 1 aliphatic rings. The zero-order chi connectivity index (χ0) is 23.4. The second-order valence-corrected chi connectivity index (χ2v) is 9.61. The smallest absolute Gasteiger partial charge is 0.406 e. The second kappa shape index (κ2) is 10.1. The van der Waals surface area contributed by atoms with Gasteiger partial charge in [-0.15, -0.1) is 34.7 Å². The number of anilines is 1. The summed E-state index contributed by atoms with van der Waals surface area (Å²) in [6.45, 7) is 3.06. The number of nitrogens with zero attached hydrogens (tertiary/aromatic N) is 3. The highest BCUT2D eigenvalue weighted by molar-refractivity contribution is 8.00. The maximum atomic E-state index is 12.7. The van der Waals surface area contributed by atoms with Crippen molar-refractivity contribution in [2.24, 2.45) is 0 Å². The van der Waals surface area contributed by atoms with Crippen LogP contribution in [0.2, 0.25) is 0 Å². The van der Waals surface area contributed by atoms with E-state index in [4.69, 9.17) is 4.74 Å². The second-order valence-electron chi connectivity index (χ2n) is 7.35. The topological polar surface area (TPSA) is 78.3 Å². The van der Waals surface area contributed by atoms with Crippen molar-refractivity contribution in [2.75, 3.05) is 11.9 Å². The van der Waals surface area contributed by atoms with Gasteiger partial charge in [0.25, 0.3) is 0 Å². The van der Waals surface area contributed by atoms with Gasteiger partial charge in [-0.05, 0) is 55.5 Å². The average Bonchev–Trinajstić information content (AvgIpc) is 3.52. The number of carbonyl (C=O) groups excluding carboxylic acids is 1. The van der Waals surface area contributed by atoms with Gasteiger partial charge in [-0.1, -0.05) is 17.8 Å². The van der Waals surface area contributed by atoms with Crippen LogP contribution in [0, 0.1) is 0 Å². The molecule has 12 heteroatoms. The summed E-state index contributed by atoms with van der Waals surface area (Å²) in [5, 5.41) is 13.4. The number of hydrogen-bond acceptors (Lipinski definition) is 7. The van der Waals surface area contributed by atoms with Crippen LogP contribution in [-0.2, 0) is 16.1 Å². The lowest BCUT2D eigenvalue weighted by Gasteiger charge is -2.16. The van der Waals surface area contributed by atoms with Crippen LogP contribution in [0.25, 0.3) is 10.7 Å². The molecule has 1 fully saturated rings. The summed E-state index contributed by atoms with van der Waals surface area (Å²) in [6.07, 6.45) is -2.73. The first-order valence-corrected chi connectivity index (χ1v) is 12.0. The minimum atomic E-state index is -4.77. The Kier molecular flexibility index (Phi) is 7.25. The molecule has 0 radical (unpaired) electrons. The van der Waals surface area contributed by atoms with Gasteiger partial charge in [0, 0.05) is 12.3 Å². The first-order chi connectivity index (χ1) is 15.8. The van der Waals surface area contributed by atoms with Crippen molar-refractivity contribution in [2.45, 2.75) is 49.2 Å². The van der Waals surface area contributed by atoms with E-state index in [1.54, 1.807) is 18.3 Å². The molecule has 0 spiro atoms. The van der Waals surface area contributed by atoms with Crippen LogP contribution in [0.1, 0.15) is 19.8 Å². The molecule has 1 aliphatic heterocycles. The number of halogens is 3. The number of alkyl halides is 3. The van der Waals surface area contributed by atoms with Gasteiger partial charge in [0.2, 0.25) is 5.91 Å². The van der Waals surface area contributed by atoms with Gasteiger partial charge in [-0.3, -0.25) is 9.36 Å². The van der Waals surface area contributed by atoms with Crippen LogP contribution in [0.4, 0.5) is 18.9 Å². The highest BCUT2D eigenvalue weighted by atomic mass is 32.2. The molecule has 3 heterocycles. The minimum absolute atomic E-state index is 0.0700. The van der Waals surface area contributed by atoms with Crippen LogP contribution in [0.5, 0.6) is 5.75 Å². The fraction of sp³-hybridized carbons (Fsp3) is 0.381. The van der Waals surface area contributed by atoms with E-state index in [2.05, 4.69) is 20.3 Å². The van der Waals surface area contributed by atoms with Crippen LogP contribution in [-0.4, -0.2) is 45.0 Å². The third-order valence-corrected chi connectivity index (χ3v) is 6.82. The molecule has 7 nitrogen and oxygen atoms in total. The van der Waals surface area contributed by atoms with E-state index in [-0.39, 0.29) is 17.8 Å². The van der Waals surface area contributed by atoms with Gasteiger partial charge in [0.1, 0.15) is 5.75 Å². The quantitative estimate of drug-likeness (QED) is 0.430. The van der Waals surface area contributed by atoms with Gasteiger partial charge < -0.3 is 14.8 Å². The molecule has 33 heavy (non-hydrogen) atoms. The maximum absolute atomic E-state index is 12.7. The first kappa shape index (κ1) is 23.6. The predicted octanol–water partition coefficient (Wildman–Crippen LogP) is 5.20. The number of nitrogens with one attached hydrogen (secondary N) is 1. The van der Waals surface area contributed by atoms with Crippen molar-refractivity contribution in [3.8, 4) is 16.5 Å². The van der Waals surface area contributed by atoms with Crippen LogP contribution < -0.4 is 10.1 Å². The van der Waals surface area contributed by atoms with Gasteiger partial charge in [0.15, 0.2) is 11.0 Å². The number of amides is 1. The third-order valence-electron chi connectivity index (χ3n) is 4.88. The summed E-state index contributed by atoms with van der Waals surface area (Å²) in [5.41, 5.74) is 0.363. The Morgan fingerprint density at radius 2 is 2.12 bits per heavy atom. The Morgan fingerprint density at radius 3 is 2.76 bits per heavy atom. The number of hydrogen-bond donors (Lipinski definition) is 1. The fourth-order valence-electron chi connectivity index (χ4n) is 3.32. The predicted molar refractivity (Wildman–Crippen MR) is 119 cm³/mol. The summed E-state index contributed by atoms with van der Waals surface area (Å²) >= 11 is 2.82. The lowest BCUT2D eigenvalue weighted by atomic mass is 10.2. The van der Waals surface area contributed by atoms with E-state index >= 15 is 0 Å². The lowest BCUT2D eigenvalue weighted by Crippen LogP contribution is -2.23. The standard InChI is InChI=1S/C21H21F3N4O3S2/c1-13(19(29)25-14-6-8-15(9-7-14)31-21(22,23)24)33-20-27-26-18(17-5-3-11-32-17)28(20)12-16-4-2-10-30-16/h3,5-9,11,13,16H,2,4,10,12H2,1H3,(H,25,29). The SMILES string of the molecule is CC(Sc1nnc(-c2cccs2)n1CC1CCCO1)C(=O)Nc1ccc(OC(F)(F)F)cc1. The molecule has 3 aromatic rings. The zero-order valence-corrected chi connectivity index (χ0v) is 19.2. The Hall–Kier alpha value is -2.57. The number of thioether (sulfide) groups is 1. The van der Waals surface area contributed by atoms with Crippen molar-refractivity contribution in [3.63, 3.8) is 0 Å². The van der Waals surface area contributed by atoms with E-state index in [9.17, 15) is 18.0 Å². The molecule has 1 aromatic carbocycles. The highest BCUT2D eigenvalue weighted by Gasteiger charge is 2.31. The Morgan fingerprint density at radius 1 is 1.33 bits per heavy atom. The lowest BCUT2D eigenvalue weighted by molar-refractivity contribution is -0.274. The molecule has 0 bridgehead atoms. The number of ether oxygens (including phenoxy) is 2. The van der Waals surface area contributed by atoms with Crippen LogP contribution in [0.15, 0.2) is 46.9 Å². The summed E-state index contributed by atoms with van der Waals surface area (Å²) in [7, 11) is 0. The number of benzene rings is 1. The first-order valence-electron chi connectivity index (χ1n) is 10.2. The Bertz CT molecular complexity index is 1070. The van der Waals surface area contributed by atoms with E-state index < -0.39 is 11.6 Å². The van der Waals surface area contributed by atoms with Crippen molar-refractivity contribution in [1.82, 2.24) is 14.8 Å². The largest absolute Gasteiger partial charge is 0.573 e. The average molecular weight is 499 g/mol. The van der Waals surface area contributed by atoms with Gasteiger partial charge >= 0.3 is 6.36 Å². The van der Waals surface area contributed by atoms with Crippen LogP contribution >= 0.6 is 23.1 Å². The molecule has 1 saturated heterocycles. The summed E-state index contributed by atoms with van der Waals surface area (Å²) in [5.74, 6) is 0.0657. The van der Waals surface area contributed by atoms with E-state index in [0.717, 1.165) is 42.3 Å². The molecular formula is C21H21F3N4O3S2. The molecule has 1 amide bonds. The van der Waals surface area contributed by atoms with Crippen molar-refractivity contribution in [1.29, 1.82) is 0 Å². The highest BCUT2D eigenvalue weighted by Crippen LogP contribution is 2.31. The monoisotopic (exact) mass is 498 g/mol. The molecule has 0 aliphatic carbocycles. The normalized spacial score (nSPS) is 17.2.